The number of aromatic nitrogens is 2. The lowest BCUT2D eigenvalue weighted by Crippen LogP contribution is -2.55. The predicted molar refractivity (Wildman–Crippen MR) is 131 cm³/mol. The number of fused-ring (bicyclic) bond motifs is 3. The minimum Gasteiger partial charge on any atom is -0.479 e. The molecular formula is C24H23Br2N3O4. The van der Waals surface area contributed by atoms with Gasteiger partial charge < -0.3 is 19.7 Å². The largest absolute Gasteiger partial charge is 0.479 e. The van der Waals surface area contributed by atoms with Gasteiger partial charge in [-0.25, -0.2) is 14.6 Å². The van der Waals surface area contributed by atoms with E-state index in [9.17, 15) is 14.7 Å². The van der Waals surface area contributed by atoms with Crippen LogP contribution in [-0.2, 0) is 22.5 Å². The number of carboxylic acids is 1. The van der Waals surface area contributed by atoms with Crippen LogP contribution in [-0.4, -0.2) is 38.9 Å². The molecule has 2 aromatic carbocycles. The molecule has 0 spiro atoms. The van der Waals surface area contributed by atoms with Crippen molar-refractivity contribution in [1.82, 2.24) is 14.9 Å². The maximum atomic E-state index is 12.7. The SMILES string of the molecule is CCc1nc(Br)c(Br)n1CC(C)(NC(=O)OCC1c2ccccc2-c2ccccc21)C(=O)O. The smallest absolute Gasteiger partial charge is 0.408 e. The second-order valence-corrected chi connectivity index (χ2v) is 9.64. The fourth-order valence-electron chi connectivity index (χ4n) is 4.21. The van der Waals surface area contributed by atoms with Crippen LogP contribution in [0.3, 0.4) is 0 Å². The van der Waals surface area contributed by atoms with Crippen molar-refractivity contribution >= 4 is 43.9 Å². The summed E-state index contributed by atoms with van der Waals surface area (Å²) in [5.41, 5.74) is 2.83. The highest BCUT2D eigenvalue weighted by Crippen LogP contribution is 2.44. The summed E-state index contributed by atoms with van der Waals surface area (Å²) in [5.74, 6) is -0.588. The number of hydrogen-bond donors (Lipinski definition) is 2. The van der Waals surface area contributed by atoms with Gasteiger partial charge in [0.2, 0.25) is 0 Å². The third-order valence-electron chi connectivity index (χ3n) is 5.93. The molecule has 1 amide bonds. The average Bonchev–Trinajstić information content (AvgIpc) is 3.26. The number of ether oxygens (including phenoxy) is 1. The van der Waals surface area contributed by atoms with Crippen LogP contribution in [0.15, 0.2) is 57.7 Å². The Bertz CT molecular complexity index is 1180. The molecular weight excluding hydrogens is 554 g/mol. The summed E-state index contributed by atoms with van der Waals surface area (Å²) in [6.45, 7) is 3.47. The third-order valence-corrected chi connectivity index (χ3v) is 7.82. The van der Waals surface area contributed by atoms with Crippen molar-refractivity contribution < 1.29 is 19.4 Å². The monoisotopic (exact) mass is 575 g/mol. The summed E-state index contributed by atoms with van der Waals surface area (Å²) >= 11 is 6.79. The van der Waals surface area contributed by atoms with Gasteiger partial charge in [0.1, 0.15) is 21.6 Å². The number of carboxylic acid groups (broad SMARTS) is 1. The molecule has 2 N–H and O–H groups in total. The lowest BCUT2D eigenvalue weighted by atomic mass is 9.98. The maximum absolute atomic E-state index is 12.7. The van der Waals surface area contributed by atoms with Crippen molar-refractivity contribution in [2.45, 2.75) is 38.3 Å². The van der Waals surface area contributed by atoms with E-state index in [4.69, 9.17) is 4.74 Å². The maximum Gasteiger partial charge on any atom is 0.408 e. The number of hydrogen-bond acceptors (Lipinski definition) is 4. The van der Waals surface area contributed by atoms with Gasteiger partial charge in [0, 0.05) is 12.3 Å². The summed E-state index contributed by atoms with van der Waals surface area (Å²) in [6, 6.07) is 16.1. The second kappa shape index (κ2) is 9.30. The first kappa shape index (κ1) is 23.5. The van der Waals surface area contributed by atoms with E-state index in [2.05, 4.69) is 54.3 Å². The van der Waals surface area contributed by atoms with Crippen molar-refractivity contribution in [3.63, 3.8) is 0 Å². The number of alkyl carbamates (subject to hydrolysis) is 1. The van der Waals surface area contributed by atoms with Crippen LogP contribution in [0.5, 0.6) is 0 Å². The predicted octanol–water partition coefficient (Wildman–Crippen LogP) is 5.35. The van der Waals surface area contributed by atoms with E-state index < -0.39 is 17.6 Å². The van der Waals surface area contributed by atoms with Gasteiger partial charge in [-0.3, -0.25) is 0 Å². The van der Waals surface area contributed by atoms with Gasteiger partial charge in [0.25, 0.3) is 0 Å². The Morgan fingerprint density at radius 2 is 1.70 bits per heavy atom. The van der Waals surface area contributed by atoms with Crippen LogP contribution >= 0.6 is 31.9 Å². The van der Waals surface area contributed by atoms with Crippen LogP contribution in [0.2, 0.25) is 0 Å². The molecule has 0 saturated heterocycles. The molecule has 0 bridgehead atoms. The molecule has 3 aromatic rings. The first-order valence-electron chi connectivity index (χ1n) is 10.5. The molecule has 0 fully saturated rings. The summed E-state index contributed by atoms with van der Waals surface area (Å²) < 4.78 is 8.47. The molecule has 0 saturated carbocycles. The number of amides is 1. The molecule has 1 aliphatic carbocycles. The van der Waals surface area contributed by atoms with Crippen molar-refractivity contribution in [3.05, 3.63) is 74.7 Å². The van der Waals surface area contributed by atoms with Gasteiger partial charge in [0.05, 0.1) is 6.54 Å². The van der Waals surface area contributed by atoms with Crippen LogP contribution in [0.1, 0.15) is 36.7 Å². The Hall–Kier alpha value is -2.65. The van der Waals surface area contributed by atoms with Gasteiger partial charge in [-0.2, -0.15) is 0 Å². The van der Waals surface area contributed by atoms with E-state index in [0.29, 0.717) is 21.5 Å². The molecule has 4 rings (SSSR count). The number of imidazole rings is 1. The zero-order valence-electron chi connectivity index (χ0n) is 18.1. The molecule has 1 atom stereocenters. The number of carbonyl (C=O) groups is 2. The second-order valence-electron chi connectivity index (χ2n) is 8.14. The summed E-state index contributed by atoms with van der Waals surface area (Å²) in [4.78, 5) is 29.3. The molecule has 1 aromatic heterocycles. The lowest BCUT2D eigenvalue weighted by Gasteiger charge is -2.27. The molecule has 7 nitrogen and oxygen atoms in total. The highest BCUT2D eigenvalue weighted by molar-refractivity contribution is 9.13. The van der Waals surface area contributed by atoms with Gasteiger partial charge in [-0.15, -0.1) is 0 Å². The average molecular weight is 577 g/mol. The molecule has 1 unspecified atom stereocenters. The number of aryl methyl sites for hydroxylation is 1. The number of rotatable bonds is 7. The Balaban J connectivity index is 1.50. The lowest BCUT2D eigenvalue weighted by molar-refractivity contribution is -0.144. The normalized spacial score (nSPS) is 14.3. The molecule has 0 aliphatic heterocycles. The standard InChI is InChI=1S/C24H23Br2N3O4/c1-3-19-27-20(25)21(26)29(19)13-24(2,22(30)31)28-23(32)33-12-18-16-10-6-4-8-14(16)15-9-5-7-11-17(15)18/h4-11,18H,3,12-13H2,1-2H3,(H,28,32)(H,30,31). The number of benzene rings is 2. The summed E-state index contributed by atoms with van der Waals surface area (Å²) in [7, 11) is 0. The Morgan fingerprint density at radius 1 is 1.12 bits per heavy atom. The van der Waals surface area contributed by atoms with E-state index in [1.165, 1.54) is 6.92 Å². The Labute approximate surface area is 208 Å². The molecule has 0 radical (unpaired) electrons. The number of aliphatic carboxylic acids is 1. The topological polar surface area (TPSA) is 93.5 Å². The van der Waals surface area contributed by atoms with Crippen LogP contribution in [0, 0.1) is 0 Å². The highest BCUT2D eigenvalue weighted by atomic mass is 79.9. The van der Waals surface area contributed by atoms with Gasteiger partial charge in [0.15, 0.2) is 5.54 Å². The van der Waals surface area contributed by atoms with Crippen molar-refractivity contribution in [3.8, 4) is 11.1 Å². The van der Waals surface area contributed by atoms with Crippen LogP contribution in [0.4, 0.5) is 4.79 Å². The molecule has 172 valence electrons. The van der Waals surface area contributed by atoms with E-state index in [1.54, 1.807) is 4.57 Å². The number of carbonyl (C=O) groups excluding carboxylic acids is 1. The summed E-state index contributed by atoms with van der Waals surface area (Å²) in [5, 5.41) is 12.5. The summed E-state index contributed by atoms with van der Waals surface area (Å²) in [6.07, 6.45) is -0.180. The van der Waals surface area contributed by atoms with Gasteiger partial charge in [-0.1, -0.05) is 55.5 Å². The molecule has 9 heteroatoms. The van der Waals surface area contributed by atoms with E-state index in [-0.39, 0.29) is 19.1 Å². The first-order valence-corrected chi connectivity index (χ1v) is 12.1. The number of nitrogens with one attached hydrogen (secondary N) is 1. The van der Waals surface area contributed by atoms with E-state index >= 15 is 0 Å². The minimum atomic E-state index is -1.60. The van der Waals surface area contributed by atoms with Crippen LogP contribution in [0.25, 0.3) is 11.1 Å². The van der Waals surface area contributed by atoms with Crippen LogP contribution < -0.4 is 5.32 Å². The Morgan fingerprint density at radius 3 is 2.24 bits per heavy atom. The highest BCUT2D eigenvalue weighted by Gasteiger charge is 2.38. The molecule has 1 heterocycles. The first-order chi connectivity index (χ1) is 15.7. The molecule has 1 aliphatic rings. The molecule has 33 heavy (non-hydrogen) atoms. The Kier molecular flexibility index (Phi) is 6.63. The number of nitrogens with zero attached hydrogens (tertiary/aromatic N) is 2. The number of halogens is 2. The fraction of sp³-hybridized carbons (Fsp3) is 0.292. The van der Waals surface area contributed by atoms with Gasteiger partial charge in [-0.05, 0) is 61.0 Å². The van der Waals surface area contributed by atoms with Gasteiger partial charge >= 0.3 is 12.1 Å². The third kappa shape index (κ3) is 4.44. The van der Waals surface area contributed by atoms with E-state index in [1.807, 2.05) is 43.3 Å². The fourth-order valence-corrected chi connectivity index (χ4v) is 5.05. The van der Waals surface area contributed by atoms with Crippen molar-refractivity contribution in [1.29, 1.82) is 0 Å². The minimum absolute atomic E-state index is 0.0190. The zero-order valence-corrected chi connectivity index (χ0v) is 21.3. The zero-order chi connectivity index (χ0) is 23.8. The van der Waals surface area contributed by atoms with Crippen molar-refractivity contribution in [2.75, 3.05) is 6.61 Å². The quantitative estimate of drug-likeness (QED) is 0.395. The van der Waals surface area contributed by atoms with Crippen molar-refractivity contribution in [2.24, 2.45) is 0 Å². The van der Waals surface area contributed by atoms with E-state index in [0.717, 1.165) is 22.3 Å².